The van der Waals surface area contributed by atoms with Crippen molar-refractivity contribution in [2.45, 2.75) is 76.8 Å². The molecule has 3 rings (SSSR count). The Bertz CT molecular complexity index is 1170. The van der Waals surface area contributed by atoms with Gasteiger partial charge in [-0.2, -0.15) is 39.5 Å². The van der Waals surface area contributed by atoms with E-state index < -0.39 is 65.4 Å². The van der Waals surface area contributed by atoms with Gasteiger partial charge in [-0.05, 0) is 74.7 Å². The van der Waals surface area contributed by atoms with Crippen LogP contribution < -0.4 is 10.2 Å². The van der Waals surface area contributed by atoms with Crippen LogP contribution in [0.3, 0.4) is 0 Å². The minimum Gasteiger partial charge on any atom is -0.443 e. The Morgan fingerprint density at radius 2 is 1.38 bits per heavy atom. The average molecular weight is 570 g/mol. The van der Waals surface area contributed by atoms with E-state index in [9.17, 15) is 44.3 Å². The third-order valence-corrected chi connectivity index (χ3v) is 6.16. The fraction of sp³-hybridized carbons (Fsp3) is 0.500. The molecule has 2 aromatic rings. The van der Waals surface area contributed by atoms with Crippen LogP contribution >= 0.6 is 0 Å². The highest BCUT2D eigenvalue weighted by Crippen LogP contribution is 2.45. The zero-order chi connectivity index (χ0) is 29.6. The fourth-order valence-corrected chi connectivity index (χ4v) is 4.56. The highest BCUT2D eigenvalue weighted by molar-refractivity contribution is 5.92. The van der Waals surface area contributed by atoms with Gasteiger partial charge >= 0.3 is 24.6 Å². The lowest BCUT2D eigenvalue weighted by molar-refractivity contribution is -0.143. The minimum absolute atomic E-state index is 0.0151. The maximum Gasteiger partial charge on any atom is 0.416 e. The SMILES string of the molecule is CCC1C(CNCc2cc(C(F)(F)F)cc(C(F)(F)F)c2)c2cc(C(F)(F)F)ccc2N1C(=O)OC(C)(C)C. The van der Waals surface area contributed by atoms with Crippen LogP contribution in [-0.2, 0) is 29.8 Å². The Morgan fingerprint density at radius 3 is 1.85 bits per heavy atom. The lowest BCUT2D eigenvalue weighted by atomic mass is 9.92. The summed E-state index contributed by atoms with van der Waals surface area (Å²) in [7, 11) is 0. The molecule has 0 spiro atoms. The first-order valence-corrected chi connectivity index (χ1v) is 11.9. The second-order valence-electron chi connectivity index (χ2n) is 10.2. The van der Waals surface area contributed by atoms with Crippen molar-refractivity contribution in [2.75, 3.05) is 11.4 Å². The van der Waals surface area contributed by atoms with Crippen molar-refractivity contribution in [2.24, 2.45) is 0 Å². The van der Waals surface area contributed by atoms with Crippen molar-refractivity contribution in [1.29, 1.82) is 0 Å². The van der Waals surface area contributed by atoms with Gasteiger partial charge in [-0.3, -0.25) is 4.90 Å². The van der Waals surface area contributed by atoms with Crippen LogP contribution in [0.1, 0.15) is 67.9 Å². The van der Waals surface area contributed by atoms with Crippen LogP contribution in [0.15, 0.2) is 36.4 Å². The van der Waals surface area contributed by atoms with Gasteiger partial charge in [0.05, 0.1) is 22.4 Å². The molecule has 4 nitrogen and oxygen atoms in total. The van der Waals surface area contributed by atoms with Crippen molar-refractivity contribution >= 4 is 11.8 Å². The molecule has 1 heterocycles. The number of fused-ring (bicyclic) bond motifs is 1. The molecule has 1 N–H and O–H groups in total. The molecule has 1 amide bonds. The summed E-state index contributed by atoms with van der Waals surface area (Å²) < 4.78 is 125. The molecule has 216 valence electrons. The Morgan fingerprint density at radius 1 is 0.846 bits per heavy atom. The average Bonchev–Trinajstić information content (AvgIpc) is 3.09. The number of carbonyl (C=O) groups excluding carboxylic acids is 1. The summed E-state index contributed by atoms with van der Waals surface area (Å²) in [6, 6.07) is 3.39. The second-order valence-corrected chi connectivity index (χ2v) is 10.2. The third kappa shape index (κ3) is 7.17. The first-order chi connectivity index (χ1) is 17.7. The monoisotopic (exact) mass is 570 g/mol. The quantitative estimate of drug-likeness (QED) is 0.369. The Balaban J connectivity index is 1.94. The maximum atomic E-state index is 13.5. The molecule has 0 radical (unpaired) electrons. The number of rotatable bonds is 5. The molecule has 0 aromatic heterocycles. The van der Waals surface area contributed by atoms with Gasteiger partial charge in [0.1, 0.15) is 5.60 Å². The highest BCUT2D eigenvalue weighted by atomic mass is 19.4. The van der Waals surface area contributed by atoms with Crippen LogP contribution in [-0.4, -0.2) is 24.3 Å². The molecule has 13 heteroatoms. The van der Waals surface area contributed by atoms with Crippen LogP contribution in [0.5, 0.6) is 0 Å². The fourth-order valence-electron chi connectivity index (χ4n) is 4.56. The Hall–Kier alpha value is -2.96. The molecule has 0 saturated carbocycles. The standard InChI is InChI=1S/C26H27F9N2O2/c1-5-20-19(13-36-12-14-8-16(25(30,31)32)10-17(9-14)26(33,34)35)18-11-15(24(27,28)29)6-7-21(18)37(20)22(38)39-23(2,3)4/h6-11,19-20,36H,5,12-13H2,1-4H3. The van der Waals surface area contributed by atoms with Gasteiger partial charge in [0.2, 0.25) is 0 Å². The van der Waals surface area contributed by atoms with Gasteiger partial charge in [0.15, 0.2) is 0 Å². The molecular formula is C26H27F9N2O2. The summed E-state index contributed by atoms with van der Waals surface area (Å²) in [6.45, 7) is 6.01. The van der Waals surface area contributed by atoms with Crippen molar-refractivity contribution in [3.05, 3.63) is 64.2 Å². The molecule has 0 fully saturated rings. The molecule has 39 heavy (non-hydrogen) atoms. The number of carbonyl (C=O) groups is 1. The van der Waals surface area contributed by atoms with E-state index in [1.54, 1.807) is 27.7 Å². The van der Waals surface area contributed by atoms with Gasteiger partial charge in [0, 0.05) is 25.0 Å². The highest BCUT2D eigenvalue weighted by Gasteiger charge is 2.44. The zero-order valence-electron chi connectivity index (χ0n) is 21.4. The summed E-state index contributed by atoms with van der Waals surface area (Å²) in [5.41, 5.74) is -4.77. The van der Waals surface area contributed by atoms with Crippen molar-refractivity contribution in [3.8, 4) is 0 Å². The number of benzene rings is 2. The van der Waals surface area contributed by atoms with Crippen LogP contribution in [0.25, 0.3) is 0 Å². The Kier molecular flexibility index (Phi) is 8.27. The van der Waals surface area contributed by atoms with E-state index in [1.165, 1.54) is 4.90 Å². The molecular weight excluding hydrogens is 543 g/mol. The molecule has 1 aliphatic heterocycles. The van der Waals surface area contributed by atoms with E-state index in [0.717, 1.165) is 18.2 Å². The first kappa shape index (κ1) is 30.6. The number of nitrogens with zero attached hydrogens (tertiary/aromatic N) is 1. The van der Waals surface area contributed by atoms with E-state index in [2.05, 4.69) is 5.32 Å². The largest absolute Gasteiger partial charge is 0.443 e. The van der Waals surface area contributed by atoms with Gasteiger partial charge in [-0.25, -0.2) is 4.79 Å². The van der Waals surface area contributed by atoms with Gasteiger partial charge in [-0.15, -0.1) is 0 Å². The number of hydrogen-bond donors (Lipinski definition) is 1. The molecule has 0 bridgehead atoms. The number of halogens is 9. The third-order valence-electron chi connectivity index (χ3n) is 6.16. The lowest BCUT2D eigenvalue weighted by Crippen LogP contribution is -2.43. The predicted molar refractivity (Wildman–Crippen MR) is 125 cm³/mol. The minimum atomic E-state index is -5.02. The number of ether oxygens (including phenoxy) is 1. The number of amides is 1. The van der Waals surface area contributed by atoms with E-state index in [-0.39, 0.29) is 35.8 Å². The van der Waals surface area contributed by atoms with Gasteiger partial charge < -0.3 is 10.1 Å². The van der Waals surface area contributed by atoms with E-state index in [0.29, 0.717) is 12.1 Å². The molecule has 2 atom stereocenters. The van der Waals surface area contributed by atoms with Crippen LogP contribution in [0, 0.1) is 0 Å². The van der Waals surface area contributed by atoms with Crippen LogP contribution in [0.4, 0.5) is 50.0 Å². The number of nitrogens with one attached hydrogen (secondary N) is 1. The molecule has 0 saturated heterocycles. The maximum absolute atomic E-state index is 13.5. The van der Waals surface area contributed by atoms with Gasteiger partial charge in [0.25, 0.3) is 0 Å². The lowest BCUT2D eigenvalue weighted by Gasteiger charge is -2.30. The number of anilines is 1. The van der Waals surface area contributed by atoms with E-state index >= 15 is 0 Å². The molecule has 2 aromatic carbocycles. The molecule has 0 aliphatic carbocycles. The zero-order valence-corrected chi connectivity index (χ0v) is 21.4. The van der Waals surface area contributed by atoms with Gasteiger partial charge in [-0.1, -0.05) is 6.92 Å². The van der Waals surface area contributed by atoms with Crippen molar-refractivity contribution in [1.82, 2.24) is 5.32 Å². The second kappa shape index (κ2) is 10.5. The predicted octanol–water partition coefficient (Wildman–Crippen LogP) is 8.15. The summed E-state index contributed by atoms with van der Waals surface area (Å²) in [4.78, 5) is 14.3. The normalized spacial score (nSPS) is 18.3. The summed E-state index contributed by atoms with van der Waals surface area (Å²) in [5, 5.41) is 2.78. The Labute approximate surface area is 219 Å². The van der Waals surface area contributed by atoms with Crippen LogP contribution in [0.2, 0.25) is 0 Å². The van der Waals surface area contributed by atoms with Crippen molar-refractivity contribution < 1.29 is 49.0 Å². The number of hydrogen-bond acceptors (Lipinski definition) is 3. The first-order valence-electron chi connectivity index (χ1n) is 11.9. The topological polar surface area (TPSA) is 41.6 Å². The smallest absolute Gasteiger partial charge is 0.416 e. The summed E-state index contributed by atoms with van der Waals surface area (Å²) in [5.74, 6) is -0.757. The summed E-state index contributed by atoms with van der Waals surface area (Å²) >= 11 is 0. The van der Waals surface area contributed by atoms with Crippen molar-refractivity contribution in [3.63, 3.8) is 0 Å². The molecule has 1 aliphatic rings. The van der Waals surface area contributed by atoms with E-state index in [1.807, 2.05) is 0 Å². The number of alkyl halides is 9. The molecule has 2 unspecified atom stereocenters. The van der Waals surface area contributed by atoms with E-state index in [4.69, 9.17) is 4.74 Å². The summed E-state index contributed by atoms with van der Waals surface area (Å²) in [6.07, 6.45) is -15.2.